The van der Waals surface area contributed by atoms with Crippen molar-refractivity contribution in [3.63, 3.8) is 0 Å². The highest BCUT2D eigenvalue weighted by atomic mass is 16.5. The maximum atomic E-state index is 11.7. The van der Waals surface area contributed by atoms with E-state index in [2.05, 4.69) is 5.32 Å². The van der Waals surface area contributed by atoms with Crippen LogP contribution in [0.4, 0.5) is 5.69 Å². The maximum Gasteiger partial charge on any atom is 0.331 e. The Kier molecular flexibility index (Phi) is 6.82. The van der Waals surface area contributed by atoms with E-state index in [1.165, 1.54) is 6.08 Å². The summed E-state index contributed by atoms with van der Waals surface area (Å²) in [4.78, 5) is 23.0. The predicted molar refractivity (Wildman–Crippen MR) is 79.4 cm³/mol. The lowest BCUT2D eigenvalue weighted by Crippen LogP contribution is -2.20. The molecule has 1 aromatic rings. The summed E-state index contributed by atoms with van der Waals surface area (Å²) in [5.74, 6) is -0.888. The molecule has 0 unspecified atom stereocenters. The quantitative estimate of drug-likeness (QED) is 0.492. The van der Waals surface area contributed by atoms with Crippen molar-refractivity contribution >= 4 is 17.6 Å². The fraction of sp³-hybridized carbons (Fsp3) is 0.250. The zero-order chi connectivity index (χ0) is 14.8. The molecule has 0 heterocycles. The second-order valence-electron chi connectivity index (χ2n) is 4.05. The minimum Gasteiger partial charge on any atom is -0.452 e. The largest absolute Gasteiger partial charge is 0.452 e. The number of nitrogens with one attached hydrogen (secondary N) is 1. The molecule has 0 radical (unpaired) electrons. The number of hydrogen-bond donors (Lipinski definition) is 1. The highest BCUT2D eigenvalue weighted by Gasteiger charge is 2.07. The number of amides is 1. The fourth-order valence-electron chi connectivity index (χ4n) is 1.57. The Morgan fingerprint density at radius 1 is 1.25 bits per heavy atom. The molecule has 0 atom stereocenters. The van der Waals surface area contributed by atoms with Crippen LogP contribution in [0.25, 0.3) is 0 Å². The van der Waals surface area contributed by atoms with Gasteiger partial charge in [-0.1, -0.05) is 43.4 Å². The number of esters is 1. The van der Waals surface area contributed by atoms with Crippen LogP contribution >= 0.6 is 0 Å². The first kappa shape index (κ1) is 15.7. The minimum atomic E-state index is -0.540. The van der Waals surface area contributed by atoms with Gasteiger partial charge < -0.3 is 10.1 Å². The molecule has 1 aromatic carbocycles. The Balaban J connectivity index is 2.46. The molecular formula is C16H19NO3. The number of benzene rings is 1. The van der Waals surface area contributed by atoms with E-state index in [0.717, 1.165) is 17.7 Å². The third-order valence-corrected chi connectivity index (χ3v) is 2.55. The molecule has 4 nitrogen and oxygen atoms in total. The van der Waals surface area contributed by atoms with E-state index < -0.39 is 5.97 Å². The predicted octanol–water partition coefficient (Wildman–Crippen LogP) is 2.86. The van der Waals surface area contributed by atoms with Crippen molar-refractivity contribution in [3.05, 3.63) is 54.1 Å². The maximum absolute atomic E-state index is 11.7. The van der Waals surface area contributed by atoms with Gasteiger partial charge in [-0.15, -0.1) is 0 Å². The van der Waals surface area contributed by atoms with E-state index in [0.29, 0.717) is 0 Å². The molecule has 0 aliphatic rings. The summed E-state index contributed by atoms with van der Waals surface area (Å²) in [6.45, 7) is 3.56. The van der Waals surface area contributed by atoms with Gasteiger partial charge in [-0.05, 0) is 25.0 Å². The van der Waals surface area contributed by atoms with Crippen LogP contribution in [0.15, 0.2) is 48.6 Å². The van der Waals surface area contributed by atoms with Gasteiger partial charge in [-0.2, -0.15) is 0 Å². The average molecular weight is 273 g/mol. The standard InChI is InChI=1S/C16H19NO3/c1-3-5-6-11-16(19)20-12-15(18)17-14-10-8-7-9-13(14)4-2/h3,5-11H,4,12H2,1-2H3,(H,17,18)/b5-3+,11-6+. The van der Waals surface area contributed by atoms with Gasteiger partial charge in [0.15, 0.2) is 6.61 Å². The number of carbonyl (C=O) groups is 2. The van der Waals surface area contributed by atoms with E-state index in [1.807, 2.05) is 38.1 Å². The van der Waals surface area contributed by atoms with Crippen molar-refractivity contribution < 1.29 is 14.3 Å². The lowest BCUT2D eigenvalue weighted by molar-refractivity contribution is -0.142. The summed E-state index contributed by atoms with van der Waals surface area (Å²) in [5.41, 5.74) is 1.79. The second kappa shape index (κ2) is 8.69. The molecule has 106 valence electrons. The number of allylic oxidation sites excluding steroid dienone is 3. The third-order valence-electron chi connectivity index (χ3n) is 2.55. The molecule has 0 fully saturated rings. The topological polar surface area (TPSA) is 55.4 Å². The first-order valence-electron chi connectivity index (χ1n) is 6.51. The number of aryl methyl sites for hydroxylation is 1. The minimum absolute atomic E-state index is 0.295. The molecule has 0 aliphatic heterocycles. The van der Waals surface area contributed by atoms with E-state index >= 15 is 0 Å². The van der Waals surface area contributed by atoms with Crippen LogP contribution in [0.2, 0.25) is 0 Å². The third kappa shape index (κ3) is 5.52. The monoisotopic (exact) mass is 273 g/mol. The lowest BCUT2D eigenvalue weighted by Gasteiger charge is -2.09. The van der Waals surface area contributed by atoms with Crippen molar-refractivity contribution in [2.24, 2.45) is 0 Å². The van der Waals surface area contributed by atoms with Crippen molar-refractivity contribution in [1.82, 2.24) is 0 Å². The number of carbonyl (C=O) groups excluding carboxylic acids is 2. The molecule has 1 amide bonds. The summed E-state index contributed by atoms with van der Waals surface area (Å²) in [6, 6.07) is 7.53. The Hall–Kier alpha value is -2.36. The van der Waals surface area contributed by atoms with Crippen LogP contribution in [0.5, 0.6) is 0 Å². The van der Waals surface area contributed by atoms with E-state index in [9.17, 15) is 9.59 Å². The van der Waals surface area contributed by atoms with Gasteiger partial charge in [0.1, 0.15) is 0 Å². The highest BCUT2D eigenvalue weighted by molar-refractivity contribution is 5.94. The van der Waals surface area contributed by atoms with Crippen LogP contribution in [-0.4, -0.2) is 18.5 Å². The molecule has 20 heavy (non-hydrogen) atoms. The smallest absolute Gasteiger partial charge is 0.331 e. The highest BCUT2D eigenvalue weighted by Crippen LogP contribution is 2.15. The summed E-state index contributed by atoms with van der Waals surface area (Å²) in [7, 11) is 0. The molecule has 0 bridgehead atoms. The van der Waals surface area contributed by atoms with Gasteiger partial charge in [0.25, 0.3) is 5.91 Å². The van der Waals surface area contributed by atoms with Gasteiger partial charge in [-0.25, -0.2) is 4.79 Å². The fourth-order valence-corrected chi connectivity index (χ4v) is 1.57. The number of para-hydroxylation sites is 1. The summed E-state index contributed by atoms with van der Waals surface area (Å²) in [5, 5.41) is 2.73. The summed E-state index contributed by atoms with van der Waals surface area (Å²) < 4.78 is 4.82. The average Bonchev–Trinajstić information content (AvgIpc) is 2.46. The molecule has 4 heteroatoms. The first-order chi connectivity index (χ1) is 9.67. The van der Waals surface area contributed by atoms with Crippen molar-refractivity contribution in [3.8, 4) is 0 Å². The molecular weight excluding hydrogens is 254 g/mol. The molecule has 0 saturated heterocycles. The van der Waals surface area contributed by atoms with Crippen LogP contribution in [-0.2, 0) is 20.7 Å². The van der Waals surface area contributed by atoms with Crippen LogP contribution in [0.1, 0.15) is 19.4 Å². The van der Waals surface area contributed by atoms with E-state index in [1.54, 1.807) is 18.2 Å². The van der Waals surface area contributed by atoms with Crippen LogP contribution in [0, 0.1) is 0 Å². The van der Waals surface area contributed by atoms with Crippen molar-refractivity contribution in [2.45, 2.75) is 20.3 Å². The molecule has 0 spiro atoms. The van der Waals surface area contributed by atoms with E-state index in [-0.39, 0.29) is 12.5 Å². The number of hydrogen-bond acceptors (Lipinski definition) is 3. The molecule has 0 aromatic heterocycles. The second-order valence-corrected chi connectivity index (χ2v) is 4.05. The number of ether oxygens (including phenoxy) is 1. The zero-order valence-corrected chi connectivity index (χ0v) is 11.8. The first-order valence-corrected chi connectivity index (χ1v) is 6.51. The molecule has 0 aliphatic carbocycles. The van der Waals surface area contributed by atoms with Gasteiger partial charge in [0.2, 0.25) is 0 Å². The summed E-state index contributed by atoms with van der Waals surface area (Å²) in [6.07, 6.45) is 7.15. The Labute approximate surface area is 119 Å². The van der Waals surface area contributed by atoms with Crippen molar-refractivity contribution in [1.29, 1.82) is 0 Å². The molecule has 0 saturated carbocycles. The number of anilines is 1. The van der Waals surface area contributed by atoms with Crippen LogP contribution < -0.4 is 5.32 Å². The van der Waals surface area contributed by atoms with E-state index in [4.69, 9.17) is 4.74 Å². The lowest BCUT2D eigenvalue weighted by atomic mass is 10.1. The van der Waals surface area contributed by atoms with Gasteiger partial charge in [0.05, 0.1) is 0 Å². The zero-order valence-electron chi connectivity index (χ0n) is 11.8. The SMILES string of the molecule is C/C=C/C=C/C(=O)OCC(=O)Nc1ccccc1CC. The molecule has 1 N–H and O–H groups in total. The van der Waals surface area contributed by atoms with Gasteiger partial charge in [0, 0.05) is 11.8 Å². The summed E-state index contributed by atoms with van der Waals surface area (Å²) >= 11 is 0. The Morgan fingerprint density at radius 2 is 2.00 bits per heavy atom. The van der Waals surface area contributed by atoms with Gasteiger partial charge >= 0.3 is 5.97 Å². The normalized spacial score (nSPS) is 10.9. The Morgan fingerprint density at radius 3 is 2.70 bits per heavy atom. The molecule has 1 rings (SSSR count). The van der Waals surface area contributed by atoms with Crippen LogP contribution in [0.3, 0.4) is 0 Å². The number of rotatable bonds is 6. The Bertz CT molecular complexity index is 518. The van der Waals surface area contributed by atoms with Crippen molar-refractivity contribution in [2.75, 3.05) is 11.9 Å². The van der Waals surface area contributed by atoms with Gasteiger partial charge in [-0.3, -0.25) is 4.79 Å².